The molecule has 0 unspecified atom stereocenters. The molecule has 1 aromatic heterocycles. The van der Waals surface area contributed by atoms with Crippen LogP contribution >= 0.6 is 11.3 Å². The van der Waals surface area contributed by atoms with Gasteiger partial charge in [0.15, 0.2) is 5.13 Å². The van der Waals surface area contributed by atoms with Gasteiger partial charge >= 0.3 is 0 Å². The zero-order valence-electron chi connectivity index (χ0n) is 11.4. The Morgan fingerprint density at radius 2 is 2.15 bits per heavy atom. The zero-order valence-corrected chi connectivity index (χ0v) is 12.2. The molecule has 5 nitrogen and oxygen atoms in total. The number of carbonyl (C=O) groups is 1. The van der Waals surface area contributed by atoms with Crippen molar-refractivity contribution < 1.29 is 9.18 Å². The summed E-state index contributed by atoms with van der Waals surface area (Å²) in [6.45, 7) is 1.79. The molecule has 2 aromatic rings. The van der Waals surface area contributed by atoms with Crippen molar-refractivity contribution in [3.8, 4) is 0 Å². The van der Waals surface area contributed by atoms with E-state index in [4.69, 9.17) is 5.73 Å². The van der Waals surface area contributed by atoms with E-state index in [0.717, 1.165) is 5.56 Å². The fourth-order valence-corrected chi connectivity index (χ4v) is 2.39. The molecule has 106 valence electrons. The highest BCUT2D eigenvalue weighted by Crippen LogP contribution is 2.28. The Labute approximate surface area is 120 Å². The Kier molecular flexibility index (Phi) is 3.89. The van der Waals surface area contributed by atoms with Crippen molar-refractivity contribution >= 4 is 33.9 Å². The van der Waals surface area contributed by atoms with Crippen molar-refractivity contribution in [2.75, 3.05) is 30.0 Å². The third kappa shape index (κ3) is 2.88. The lowest BCUT2D eigenvalue weighted by Gasteiger charge is -2.07. The summed E-state index contributed by atoms with van der Waals surface area (Å²) < 4.78 is 13.2. The summed E-state index contributed by atoms with van der Waals surface area (Å²) in [5, 5.41) is 3.30. The predicted octanol–water partition coefficient (Wildman–Crippen LogP) is 2.49. The number of rotatable bonds is 3. The van der Waals surface area contributed by atoms with Gasteiger partial charge in [0.05, 0.1) is 0 Å². The SMILES string of the molecule is Cc1ccc(F)cc1NC(=O)c1sc(N(C)C)nc1N. The van der Waals surface area contributed by atoms with E-state index in [2.05, 4.69) is 10.3 Å². The average molecular weight is 294 g/mol. The Balaban J connectivity index is 2.26. The number of benzene rings is 1. The van der Waals surface area contributed by atoms with E-state index < -0.39 is 5.82 Å². The molecule has 0 saturated heterocycles. The van der Waals surface area contributed by atoms with Crippen molar-refractivity contribution in [1.29, 1.82) is 0 Å². The lowest BCUT2D eigenvalue weighted by molar-refractivity contribution is 0.103. The Hall–Kier alpha value is -2.15. The average Bonchev–Trinajstić information content (AvgIpc) is 2.76. The fourth-order valence-electron chi connectivity index (χ4n) is 1.58. The molecule has 7 heteroatoms. The third-order valence-electron chi connectivity index (χ3n) is 2.68. The van der Waals surface area contributed by atoms with E-state index >= 15 is 0 Å². The second-order valence-electron chi connectivity index (χ2n) is 4.52. The van der Waals surface area contributed by atoms with Crippen molar-refractivity contribution in [1.82, 2.24) is 4.98 Å². The highest BCUT2D eigenvalue weighted by Gasteiger charge is 2.18. The normalized spacial score (nSPS) is 10.4. The number of nitrogen functional groups attached to an aromatic ring is 1. The van der Waals surface area contributed by atoms with E-state index in [1.807, 2.05) is 14.1 Å². The highest BCUT2D eigenvalue weighted by molar-refractivity contribution is 7.18. The van der Waals surface area contributed by atoms with E-state index in [0.29, 0.717) is 15.7 Å². The first-order valence-electron chi connectivity index (χ1n) is 5.89. The van der Waals surface area contributed by atoms with E-state index in [-0.39, 0.29) is 11.7 Å². The molecule has 0 aliphatic heterocycles. The summed E-state index contributed by atoms with van der Waals surface area (Å²) in [5.41, 5.74) is 6.94. The van der Waals surface area contributed by atoms with Gasteiger partial charge in [0.1, 0.15) is 16.5 Å². The number of thiazole rings is 1. The van der Waals surface area contributed by atoms with E-state index in [9.17, 15) is 9.18 Å². The van der Waals surface area contributed by atoms with Crippen LogP contribution in [0.1, 0.15) is 15.2 Å². The van der Waals surface area contributed by atoms with Gasteiger partial charge in [-0.05, 0) is 24.6 Å². The number of aromatic nitrogens is 1. The Morgan fingerprint density at radius 3 is 2.75 bits per heavy atom. The maximum atomic E-state index is 13.2. The van der Waals surface area contributed by atoms with Crippen LogP contribution in [0.15, 0.2) is 18.2 Å². The van der Waals surface area contributed by atoms with Crippen LogP contribution in [-0.2, 0) is 0 Å². The molecule has 3 N–H and O–H groups in total. The topological polar surface area (TPSA) is 71.2 Å². The highest BCUT2D eigenvalue weighted by atomic mass is 32.1. The lowest BCUT2D eigenvalue weighted by Crippen LogP contribution is -2.13. The van der Waals surface area contributed by atoms with Gasteiger partial charge < -0.3 is 16.0 Å². The van der Waals surface area contributed by atoms with Gasteiger partial charge in [-0.15, -0.1) is 0 Å². The molecule has 2 rings (SSSR count). The number of hydrogen-bond acceptors (Lipinski definition) is 5. The maximum absolute atomic E-state index is 13.2. The number of amides is 1. The third-order valence-corrected chi connectivity index (χ3v) is 3.92. The minimum atomic E-state index is -0.405. The van der Waals surface area contributed by atoms with Crippen molar-refractivity contribution in [3.63, 3.8) is 0 Å². The van der Waals surface area contributed by atoms with Gasteiger partial charge in [-0.1, -0.05) is 17.4 Å². The van der Waals surface area contributed by atoms with Crippen LogP contribution < -0.4 is 16.0 Å². The van der Waals surface area contributed by atoms with Gasteiger partial charge in [0.25, 0.3) is 5.91 Å². The quantitative estimate of drug-likeness (QED) is 0.912. The molecule has 1 heterocycles. The van der Waals surface area contributed by atoms with Crippen LogP contribution in [0.2, 0.25) is 0 Å². The molecule has 0 radical (unpaired) electrons. The Morgan fingerprint density at radius 1 is 1.45 bits per heavy atom. The first-order chi connectivity index (χ1) is 9.38. The molecule has 20 heavy (non-hydrogen) atoms. The minimum absolute atomic E-state index is 0.172. The van der Waals surface area contributed by atoms with Gasteiger partial charge in [0, 0.05) is 19.8 Å². The monoisotopic (exact) mass is 294 g/mol. The standard InChI is InChI=1S/C13H15FN4OS/c1-7-4-5-8(14)6-9(7)16-12(19)10-11(15)17-13(20-10)18(2)3/h4-6H,15H2,1-3H3,(H,16,19). The molecule has 0 aliphatic carbocycles. The molecule has 0 aliphatic rings. The summed E-state index contributed by atoms with van der Waals surface area (Å²) in [4.78, 5) is 18.4. The zero-order chi connectivity index (χ0) is 14.9. The molecule has 0 atom stereocenters. The van der Waals surface area contributed by atoms with Crippen LogP contribution in [0, 0.1) is 12.7 Å². The number of nitrogens with one attached hydrogen (secondary N) is 1. The first-order valence-corrected chi connectivity index (χ1v) is 6.71. The summed E-state index contributed by atoms with van der Waals surface area (Å²) >= 11 is 1.19. The molecule has 0 spiro atoms. The van der Waals surface area contributed by atoms with Crippen molar-refractivity contribution in [2.45, 2.75) is 6.92 Å². The lowest BCUT2D eigenvalue weighted by atomic mass is 10.2. The maximum Gasteiger partial charge on any atom is 0.269 e. The van der Waals surface area contributed by atoms with Crippen LogP contribution in [-0.4, -0.2) is 25.0 Å². The van der Waals surface area contributed by atoms with Crippen molar-refractivity contribution in [3.05, 3.63) is 34.5 Å². The largest absolute Gasteiger partial charge is 0.382 e. The van der Waals surface area contributed by atoms with Crippen LogP contribution in [0.5, 0.6) is 0 Å². The molecular weight excluding hydrogens is 279 g/mol. The number of hydrogen-bond donors (Lipinski definition) is 2. The first kappa shape index (κ1) is 14.3. The fraction of sp³-hybridized carbons (Fsp3) is 0.231. The molecule has 0 fully saturated rings. The Bertz CT molecular complexity index is 654. The van der Waals surface area contributed by atoms with Crippen LogP contribution in [0.3, 0.4) is 0 Å². The molecule has 0 bridgehead atoms. The van der Waals surface area contributed by atoms with E-state index in [1.165, 1.54) is 23.5 Å². The smallest absolute Gasteiger partial charge is 0.269 e. The number of nitrogens with zero attached hydrogens (tertiary/aromatic N) is 2. The number of carbonyl (C=O) groups excluding carboxylic acids is 1. The van der Waals surface area contributed by atoms with Crippen LogP contribution in [0.25, 0.3) is 0 Å². The van der Waals surface area contributed by atoms with Gasteiger partial charge in [-0.2, -0.15) is 0 Å². The minimum Gasteiger partial charge on any atom is -0.382 e. The summed E-state index contributed by atoms with van der Waals surface area (Å²) in [6.07, 6.45) is 0. The van der Waals surface area contributed by atoms with Gasteiger partial charge in [0.2, 0.25) is 0 Å². The molecule has 0 saturated carbocycles. The molecular formula is C13H15FN4OS. The predicted molar refractivity (Wildman–Crippen MR) is 79.9 cm³/mol. The van der Waals surface area contributed by atoms with Crippen molar-refractivity contribution in [2.24, 2.45) is 0 Å². The summed E-state index contributed by atoms with van der Waals surface area (Å²) in [5.74, 6) is -0.621. The molecule has 1 aromatic carbocycles. The second-order valence-corrected chi connectivity index (χ2v) is 5.50. The summed E-state index contributed by atoms with van der Waals surface area (Å²) in [7, 11) is 3.63. The van der Waals surface area contributed by atoms with E-state index in [1.54, 1.807) is 17.9 Å². The number of anilines is 3. The van der Waals surface area contributed by atoms with Crippen LogP contribution in [0.4, 0.5) is 21.0 Å². The number of nitrogens with two attached hydrogens (primary N) is 1. The second kappa shape index (κ2) is 5.46. The number of aryl methyl sites for hydroxylation is 1. The summed E-state index contributed by atoms with van der Waals surface area (Å²) in [6, 6.07) is 4.22. The molecule has 1 amide bonds. The number of halogens is 1. The van der Waals surface area contributed by atoms with Gasteiger partial charge in [-0.25, -0.2) is 9.37 Å². The van der Waals surface area contributed by atoms with Gasteiger partial charge in [-0.3, -0.25) is 4.79 Å².